The Balaban J connectivity index is 2.55. The number of carbonyl (C=O) groups is 1. The molecule has 0 saturated heterocycles. The lowest BCUT2D eigenvalue weighted by molar-refractivity contribution is -0.116. The van der Waals surface area contributed by atoms with Crippen molar-refractivity contribution in [2.75, 3.05) is 0 Å². The maximum Gasteiger partial charge on any atom is 0.130 e. The number of hydrogen-bond acceptors (Lipinski definition) is 2. The van der Waals surface area contributed by atoms with Gasteiger partial charge in [-0.3, -0.25) is 4.79 Å². The summed E-state index contributed by atoms with van der Waals surface area (Å²) in [5, 5.41) is 1.05. The number of carbonyl (C=O) groups excluding carboxylic acids is 1. The van der Waals surface area contributed by atoms with Crippen molar-refractivity contribution in [3.05, 3.63) is 29.3 Å². The molecule has 1 unspecified atom stereocenters. The van der Waals surface area contributed by atoms with Gasteiger partial charge in [-0.15, -0.1) is 11.8 Å². The Bertz CT molecular complexity index is 325. The molecule has 0 radical (unpaired) electrons. The minimum absolute atomic E-state index is 0.229. The van der Waals surface area contributed by atoms with Crippen molar-refractivity contribution in [2.24, 2.45) is 0 Å². The first-order valence-electron chi connectivity index (χ1n) is 4.49. The van der Waals surface area contributed by atoms with Crippen LogP contribution in [0.15, 0.2) is 29.2 Å². The van der Waals surface area contributed by atoms with Crippen molar-refractivity contribution in [3.63, 3.8) is 0 Å². The number of benzene rings is 1. The Kier molecular flexibility index (Phi) is 4.49. The first-order chi connectivity index (χ1) is 6.58. The van der Waals surface area contributed by atoms with Gasteiger partial charge in [0.15, 0.2) is 0 Å². The van der Waals surface area contributed by atoms with Crippen molar-refractivity contribution in [1.29, 1.82) is 0 Å². The second-order valence-corrected chi connectivity index (χ2v) is 5.24. The zero-order valence-corrected chi connectivity index (χ0v) is 9.86. The van der Waals surface area contributed by atoms with Crippen molar-refractivity contribution < 1.29 is 4.79 Å². The monoisotopic (exact) mass is 228 g/mol. The Hall–Kier alpha value is -0.470. The predicted octanol–water partition coefficient (Wildman–Crippen LogP) is 3.80. The molecule has 0 aliphatic heterocycles. The van der Waals surface area contributed by atoms with Crippen LogP contribution < -0.4 is 0 Å². The fourth-order valence-electron chi connectivity index (χ4n) is 1.22. The van der Waals surface area contributed by atoms with Gasteiger partial charge in [0.25, 0.3) is 0 Å². The summed E-state index contributed by atoms with van der Waals surface area (Å²) in [4.78, 5) is 12.0. The zero-order valence-electron chi connectivity index (χ0n) is 8.29. The van der Waals surface area contributed by atoms with Crippen LogP contribution in [-0.2, 0) is 4.79 Å². The van der Waals surface area contributed by atoms with Crippen LogP contribution in [0.5, 0.6) is 0 Å². The van der Waals surface area contributed by atoms with E-state index in [1.165, 1.54) is 0 Å². The first kappa shape index (κ1) is 11.6. The van der Waals surface area contributed by atoms with Gasteiger partial charge in [0.2, 0.25) is 0 Å². The molecule has 0 spiro atoms. The lowest BCUT2D eigenvalue weighted by Gasteiger charge is -2.08. The van der Waals surface area contributed by atoms with Crippen LogP contribution in [0.1, 0.15) is 20.3 Å². The molecular formula is C11H13ClOS. The molecule has 1 aromatic rings. The summed E-state index contributed by atoms with van der Waals surface area (Å²) >= 11 is 7.53. The fraction of sp³-hybridized carbons (Fsp3) is 0.364. The third-order valence-corrected chi connectivity index (χ3v) is 3.04. The molecule has 0 saturated carbocycles. The van der Waals surface area contributed by atoms with Crippen molar-refractivity contribution >= 4 is 29.1 Å². The second-order valence-electron chi connectivity index (χ2n) is 3.29. The average Bonchev–Trinajstić information content (AvgIpc) is 2.01. The van der Waals surface area contributed by atoms with Crippen molar-refractivity contribution in [3.8, 4) is 0 Å². The summed E-state index contributed by atoms with van der Waals surface area (Å²) in [7, 11) is 0. The quantitative estimate of drug-likeness (QED) is 0.730. The lowest BCUT2D eigenvalue weighted by Crippen LogP contribution is -2.02. The summed E-state index contributed by atoms with van der Waals surface area (Å²) in [6.45, 7) is 3.67. The fourth-order valence-corrected chi connectivity index (χ4v) is 2.61. The molecule has 0 heterocycles. The van der Waals surface area contributed by atoms with Crippen molar-refractivity contribution in [1.82, 2.24) is 0 Å². The highest BCUT2D eigenvalue weighted by molar-refractivity contribution is 8.00. The molecule has 1 atom stereocenters. The maximum absolute atomic E-state index is 10.9. The molecule has 1 nitrogen and oxygen atoms in total. The van der Waals surface area contributed by atoms with Crippen LogP contribution in [0.2, 0.25) is 5.02 Å². The summed E-state index contributed by atoms with van der Waals surface area (Å²) in [5.74, 6) is 0.229. The van der Waals surface area contributed by atoms with E-state index in [0.717, 1.165) is 9.92 Å². The molecular weight excluding hydrogens is 216 g/mol. The summed E-state index contributed by atoms with van der Waals surface area (Å²) in [6.07, 6.45) is 0.608. The largest absolute Gasteiger partial charge is 0.300 e. The van der Waals surface area contributed by atoms with Crippen LogP contribution in [-0.4, -0.2) is 11.0 Å². The normalized spacial score (nSPS) is 12.5. The molecule has 0 aliphatic carbocycles. The molecule has 0 bridgehead atoms. The molecule has 0 aliphatic rings. The molecule has 0 N–H and O–H groups in total. The minimum Gasteiger partial charge on any atom is -0.300 e. The standard InChI is InChI=1S/C11H13ClOS/c1-8(13)6-9(2)14-11-5-3-4-10(12)7-11/h3-5,7,9H,6H2,1-2H3. The average molecular weight is 229 g/mol. The van der Waals surface area contributed by atoms with Crippen LogP contribution in [0.25, 0.3) is 0 Å². The van der Waals surface area contributed by atoms with E-state index in [0.29, 0.717) is 11.7 Å². The third-order valence-electron chi connectivity index (χ3n) is 1.71. The first-order valence-corrected chi connectivity index (χ1v) is 5.75. The highest BCUT2D eigenvalue weighted by Gasteiger charge is 2.07. The molecule has 0 aromatic heterocycles. The number of Topliss-reactive ketones (excluding diaryl/α,β-unsaturated/α-hetero) is 1. The predicted molar refractivity (Wildman–Crippen MR) is 62.1 cm³/mol. The third kappa shape index (κ3) is 4.16. The van der Waals surface area contributed by atoms with E-state index >= 15 is 0 Å². The topological polar surface area (TPSA) is 17.1 Å². The maximum atomic E-state index is 10.9. The van der Waals surface area contributed by atoms with E-state index in [4.69, 9.17) is 11.6 Å². The van der Waals surface area contributed by atoms with Gasteiger partial charge >= 0.3 is 0 Å². The Morgan fingerprint density at radius 3 is 2.86 bits per heavy atom. The molecule has 0 fully saturated rings. The van der Waals surface area contributed by atoms with Gasteiger partial charge in [-0.2, -0.15) is 0 Å². The van der Waals surface area contributed by atoms with Crippen LogP contribution in [0.3, 0.4) is 0 Å². The lowest BCUT2D eigenvalue weighted by atomic mass is 10.2. The van der Waals surface area contributed by atoms with Gasteiger partial charge in [-0.25, -0.2) is 0 Å². The summed E-state index contributed by atoms with van der Waals surface area (Å²) < 4.78 is 0. The molecule has 14 heavy (non-hydrogen) atoms. The Labute approximate surface area is 93.8 Å². The highest BCUT2D eigenvalue weighted by Crippen LogP contribution is 2.27. The van der Waals surface area contributed by atoms with E-state index in [1.807, 2.05) is 31.2 Å². The highest BCUT2D eigenvalue weighted by atomic mass is 35.5. The Morgan fingerprint density at radius 1 is 1.57 bits per heavy atom. The van der Waals surface area contributed by atoms with Crippen LogP contribution in [0, 0.1) is 0 Å². The number of hydrogen-bond donors (Lipinski definition) is 0. The van der Waals surface area contributed by atoms with Gasteiger partial charge in [-0.1, -0.05) is 24.6 Å². The van der Waals surface area contributed by atoms with E-state index in [2.05, 4.69) is 0 Å². The van der Waals surface area contributed by atoms with Gasteiger partial charge in [-0.05, 0) is 25.1 Å². The van der Waals surface area contributed by atoms with Crippen LogP contribution in [0.4, 0.5) is 0 Å². The Morgan fingerprint density at radius 2 is 2.29 bits per heavy atom. The summed E-state index contributed by atoms with van der Waals surface area (Å²) in [5.41, 5.74) is 0. The molecule has 1 aromatic carbocycles. The number of ketones is 1. The number of halogens is 1. The van der Waals surface area contributed by atoms with E-state index < -0.39 is 0 Å². The minimum atomic E-state index is 0.229. The molecule has 1 rings (SSSR count). The number of thioether (sulfide) groups is 1. The molecule has 0 amide bonds. The van der Waals surface area contributed by atoms with E-state index in [9.17, 15) is 4.79 Å². The van der Waals surface area contributed by atoms with Gasteiger partial charge in [0, 0.05) is 21.6 Å². The second kappa shape index (κ2) is 5.42. The van der Waals surface area contributed by atoms with Gasteiger partial charge in [0.1, 0.15) is 5.78 Å². The molecule has 3 heteroatoms. The number of rotatable bonds is 4. The van der Waals surface area contributed by atoms with Crippen molar-refractivity contribution in [2.45, 2.75) is 30.4 Å². The van der Waals surface area contributed by atoms with E-state index in [1.54, 1.807) is 18.7 Å². The van der Waals surface area contributed by atoms with Gasteiger partial charge in [0.05, 0.1) is 0 Å². The van der Waals surface area contributed by atoms with Crippen LogP contribution >= 0.6 is 23.4 Å². The zero-order chi connectivity index (χ0) is 10.6. The van der Waals surface area contributed by atoms with E-state index in [-0.39, 0.29) is 5.78 Å². The van der Waals surface area contributed by atoms with Gasteiger partial charge < -0.3 is 0 Å². The summed E-state index contributed by atoms with van der Waals surface area (Å²) in [6, 6.07) is 7.70. The SMILES string of the molecule is CC(=O)CC(C)Sc1cccc(Cl)c1. The smallest absolute Gasteiger partial charge is 0.130 e. The molecule has 76 valence electrons.